The third kappa shape index (κ3) is 4.26. The van der Waals surface area contributed by atoms with Crippen LogP contribution in [0, 0.1) is 0 Å². The molecule has 0 amide bonds. The number of rotatable bonds is 7. The van der Waals surface area contributed by atoms with Crippen LogP contribution in [0.5, 0.6) is 5.75 Å². The van der Waals surface area contributed by atoms with Crippen molar-refractivity contribution in [2.75, 3.05) is 13.2 Å². The maximum Gasteiger partial charge on any atom is 0.244 e. The van der Waals surface area contributed by atoms with Crippen molar-refractivity contribution in [1.29, 1.82) is 0 Å². The van der Waals surface area contributed by atoms with Crippen LogP contribution in [-0.4, -0.2) is 36.8 Å². The third-order valence-electron chi connectivity index (χ3n) is 2.61. The maximum absolute atomic E-state index is 12.4. The summed E-state index contributed by atoms with van der Waals surface area (Å²) in [6, 6.07) is 4.87. The number of benzene rings is 1. The van der Waals surface area contributed by atoms with Gasteiger partial charge in [0, 0.05) is 17.4 Å². The van der Waals surface area contributed by atoms with Gasteiger partial charge in [-0.3, -0.25) is 5.10 Å². The Morgan fingerprint density at radius 3 is 2.90 bits per heavy atom. The summed E-state index contributed by atoms with van der Waals surface area (Å²) < 4.78 is 33.3. The van der Waals surface area contributed by atoms with Crippen LogP contribution in [0.3, 0.4) is 0 Å². The van der Waals surface area contributed by atoms with Crippen LogP contribution in [0.4, 0.5) is 0 Å². The number of aromatic amines is 1. The van der Waals surface area contributed by atoms with Crippen molar-refractivity contribution in [3.8, 4) is 5.75 Å². The predicted octanol–water partition coefficient (Wildman–Crippen LogP) is 1.49. The van der Waals surface area contributed by atoms with Crippen LogP contribution >= 0.6 is 15.9 Å². The molecule has 2 rings (SSSR count). The molecule has 7 nitrogen and oxygen atoms in total. The summed E-state index contributed by atoms with van der Waals surface area (Å²) in [7, 11) is -3.66. The summed E-state index contributed by atoms with van der Waals surface area (Å²) in [5.41, 5.74) is 0. The van der Waals surface area contributed by atoms with Crippen molar-refractivity contribution in [1.82, 2.24) is 19.9 Å². The van der Waals surface area contributed by atoms with E-state index < -0.39 is 10.0 Å². The highest BCUT2D eigenvalue weighted by Gasteiger charge is 2.19. The lowest BCUT2D eigenvalue weighted by atomic mass is 10.3. The molecule has 1 aromatic carbocycles. The maximum atomic E-state index is 12.4. The van der Waals surface area contributed by atoms with Crippen molar-refractivity contribution in [2.45, 2.75) is 18.2 Å². The molecule has 2 aromatic rings. The van der Waals surface area contributed by atoms with E-state index in [0.717, 1.165) is 0 Å². The summed E-state index contributed by atoms with van der Waals surface area (Å²) in [4.78, 5) is 4.04. The standard InChI is InChI=1S/C12H15BrN4O3S/c1-2-20-10-4-3-9(13)7-11(10)21(18,19)16-6-5-12-14-8-15-17-12/h3-4,7-8,16H,2,5-6H2,1H3,(H,14,15,17). The van der Waals surface area contributed by atoms with Gasteiger partial charge in [-0.25, -0.2) is 18.1 Å². The number of ether oxygens (including phenoxy) is 1. The average molecular weight is 375 g/mol. The molecule has 0 spiro atoms. The smallest absolute Gasteiger partial charge is 0.244 e. The second-order valence-electron chi connectivity index (χ2n) is 4.10. The highest BCUT2D eigenvalue weighted by atomic mass is 79.9. The first-order valence-electron chi connectivity index (χ1n) is 6.29. The molecule has 0 atom stereocenters. The summed E-state index contributed by atoms with van der Waals surface area (Å²) in [5.74, 6) is 0.949. The molecule has 0 aliphatic rings. The van der Waals surface area contributed by atoms with Gasteiger partial charge < -0.3 is 4.74 Å². The lowest BCUT2D eigenvalue weighted by Crippen LogP contribution is -2.26. The first-order chi connectivity index (χ1) is 10.0. The quantitative estimate of drug-likeness (QED) is 0.764. The zero-order valence-electron chi connectivity index (χ0n) is 11.3. The SMILES string of the molecule is CCOc1ccc(Br)cc1S(=O)(=O)NCCc1ncn[nH]1. The van der Waals surface area contributed by atoms with E-state index in [1.54, 1.807) is 19.1 Å². The molecular weight excluding hydrogens is 360 g/mol. The number of nitrogens with zero attached hydrogens (tertiary/aromatic N) is 2. The molecule has 0 saturated heterocycles. The Kier molecular flexibility index (Phi) is 5.32. The fraction of sp³-hybridized carbons (Fsp3) is 0.333. The summed E-state index contributed by atoms with van der Waals surface area (Å²) >= 11 is 3.27. The minimum Gasteiger partial charge on any atom is -0.492 e. The second-order valence-corrected chi connectivity index (χ2v) is 6.76. The molecule has 0 unspecified atom stereocenters. The molecule has 0 radical (unpaired) electrons. The molecule has 21 heavy (non-hydrogen) atoms. The van der Waals surface area contributed by atoms with E-state index in [1.165, 1.54) is 12.4 Å². The summed E-state index contributed by atoms with van der Waals surface area (Å²) in [6.07, 6.45) is 1.81. The first kappa shape index (κ1) is 15.9. The third-order valence-corrected chi connectivity index (χ3v) is 4.59. The highest BCUT2D eigenvalue weighted by molar-refractivity contribution is 9.10. The van der Waals surface area contributed by atoms with Crippen LogP contribution < -0.4 is 9.46 Å². The Labute approximate surface area is 131 Å². The molecular formula is C12H15BrN4O3S. The van der Waals surface area contributed by atoms with Gasteiger partial charge in [-0.05, 0) is 25.1 Å². The largest absolute Gasteiger partial charge is 0.492 e. The van der Waals surface area contributed by atoms with Crippen molar-refractivity contribution in [3.63, 3.8) is 0 Å². The van der Waals surface area contributed by atoms with Crippen molar-refractivity contribution >= 4 is 26.0 Å². The van der Waals surface area contributed by atoms with E-state index in [9.17, 15) is 8.42 Å². The molecule has 0 bridgehead atoms. The van der Waals surface area contributed by atoms with Gasteiger partial charge >= 0.3 is 0 Å². The zero-order valence-corrected chi connectivity index (χ0v) is 13.7. The number of sulfonamides is 1. The van der Waals surface area contributed by atoms with Crippen molar-refractivity contribution in [3.05, 3.63) is 34.8 Å². The van der Waals surface area contributed by atoms with E-state index in [0.29, 0.717) is 29.1 Å². The summed E-state index contributed by atoms with van der Waals surface area (Å²) in [6.45, 7) is 2.41. The van der Waals surface area contributed by atoms with Gasteiger partial charge in [-0.2, -0.15) is 5.10 Å². The first-order valence-corrected chi connectivity index (χ1v) is 8.57. The Morgan fingerprint density at radius 1 is 1.43 bits per heavy atom. The van der Waals surface area contributed by atoms with E-state index in [4.69, 9.17) is 4.74 Å². The van der Waals surface area contributed by atoms with E-state index in [-0.39, 0.29) is 11.4 Å². The van der Waals surface area contributed by atoms with Gasteiger partial charge in [-0.15, -0.1) is 0 Å². The Morgan fingerprint density at radius 2 is 2.24 bits per heavy atom. The minimum absolute atomic E-state index is 0.108. The monoisotopic (exact) mass is 374 g/mol. The fourth-order valence-corrected chi connectivity index (χ4v) is 3.41. The van der Waals surface area contributed by atoms with E-state index >= 15 is 0 Å². The Bertz CT molecular complexity index is 689. The topological polar surface area (TPSA) is 97.0 Å². The number of halogens is 1. The zero-order chi connectivity index (χ0) is 15.3. The Hall–Kier alpha value is -1.45. The number of hydrogen-bond acceptors (Lipinski definition) is 5. The average Bonchev–Trinajstić information content (AvgIpc) is 2.94. The highest BCUT2D eigenvalue weighted by Crippen LogP contribution is 2.27. The van der Waals surface area contributed by atoms with Gasteiger partial charge in [0.25, 0.3) is 0 Å². The normalized spacial score (nSPS) is 11.5. The van der Waals surface area contributed by atoms with Crippen molar-refractivity contribution < 1.29 is 13.2 Å². The van der Waals surface area contributed by atoms with Crippen LogP contribution in [0.25, 0.3) is 0 Å². The number of nitrogens with one attached hydrogen (secondary N) is 2. The molecule has 9 heteroatoms. The molecule has 0 fully saturated rings. The van der Waals surface area contributed by atoms with Crippen LogP contribution in [-0.2, 0) is 16.4 Å². The molecule has 1 heterocycles. The number of aromatic nitrogens is 3. The van der Waals surface area contributed by atoms with Gasteiger partial charge in [0.2, 0.25) is 10.0 Å². The Balaban J connectivity index is 2.12. The molecule has 0 aliphatic carbocycles. The van der Waals surface area contributed by atoms with Gasteiger partial charge in [0.15, 0.2) is 0 Å². The summed E-state index contributed by atoms with van der Waals surface area (Å²) in [5, 5.41) is 6.38. The number of H-pyrrole nitrogens is 1. The molecule has 2 N–H and O–H groups in total. The van der Waals surface area contributed by atoms with Crippen LogP contribution in [0.1, 0.15) is 12.7 Å². The minimum atomic E-state index is -3.66. The molecule has 0 saturated carbocycles. The van der Waals surface area contributed by atoms with Crippen LogP contribution in [0.2, 0.25) is 0 Å². The van der Waals surface area contributed by atoms with Gasteiger partial charge in [0.1, 0.15) is 22.8 Å². The van der Waals surface area contributed by atoms with Gasteiger partial charge in [0.05, 0.1) is 6.61 Å². The molecule has 114 valence electrons. The number of hydrogen-bond donors (Lipinski definition) is 2. The lowest BCUT2D eigenvalue weighted by molar-refractivity contribution is 0.331. The van der Waals surface area contributed by atoms with Crippen LogP contribution in [0.15, 0.2) is 33.9 Å². The lowest BCUT2D eigenvalue weighted by Gasteiger charge is -2.12. The molecule has 0 aliphatic heterocycles. The van der Waals surface area contributed by atoms with Gasteiger partial charge in [-0.1, -0.05) is 15.9 Å². The molecule has 1 aromatic heterocycles. The van der Waals surface area contributed by atoms with E-state index in [1.807, 2.05) is 0 Å². The predicted molar refractivity (Wildman–Crippen MR) is 80.6 cm³/mol. The van der Waals surface area contributed by atoms with Crippen molar-refractivity contribution in [2.24, 2.45) is 0 Å². The van der Waals surface area contributed by atoms with E-state index in [2.05, 4.69) is 35.8 Å². The second kappa shape index (κ2) is 7.01. The fourth-order valence-electron chi connectivity index (χ4n) is 1.70.